The highest BCUT2D eigenvalue weighted by atomic mass is 16.3. The van der Waals surface area contributed by atoms with Crippen LogP contribution in [0.2, 0.25) is 0 Å². The van der Waals surface area contributed by atoms with Crippen LogP contribution < -0.4 is 4.90 Å². The first-order valence-electron chi connectivity index (χ1n) is 6.70. The molecule has 0 bridgehead atoms. The van der Waals surface area contributed by atoms with E-state index in [2.05, 4.69) is 35.0 Å². The number of rotatable bonds is 2. The van der Waals surface area contributed by atoms with Crippen LogP contribution in [0.25, 0.3) is 0 Å². The van der Waals surface area contributed by atoms with E-state index in [1.165, 1.54) is 16.8 Å². The summed E-state index contributed by atoms with van der Waals surface area (Å²) in [6, 6.07) is 8.47. The zero-order valence-electron chi connectivity index (χ0n) is 11.1. The van der Waals surface area contributed by atoms with Gasteiger partial charge in [-0.2, -0.15) is 0 Å². The number of aromatic nitrogens is 1. The molecule has 3 rings (SSSR count). The molecule has 1 aromatic heterocycles. The summed E-state index contributed by atoms with van der Waals surface area (Å²) in [4.78, 5) is 6.48. The number of benzene rings is 1. The highest BCUT2D eigenvalue weighted by Crippen LogP contribution is 2.35. The Kier molecular flexibility index (Phi) is 3.22. The number of nitrogens with zero attached hydrogens (tertiary/aromatic N) is 2. The van der Waals surface area contributed by atoms with Crippen molar-refractivity contribution in [2.45, 2.75) is 26.4 Å². The molecule has 0 fully saturated rings. The lowest BCUT2D eigenvalue weighted by Gasteiger charge is -2.32. The fourth-order valence-corrected chi connectivity index (χ4v) is 2.77. The largest absolute Gasteiger partial charge is 0.392 e. The van der Waals surface area contributed by atoms with Crippen molar-refractivity contribution >= 4 is 11.4 Å². The predicted octanol–water partition coefficient (Wildman–Crippen LogP) is 2.97. The maximum absolute atomic E-state index is 9.49. The van der Waals surface area contributed by atoms with Crippen molar-refractivity contribution in [1.29, 1.82) is 0 Å². The maximum Gasteiger partial charge on any atom is 0.0703 e. The molecule has 2 aromatic rings. The topological polar surface area (TPSA) is 36.4 Å². The first-order chi connectivity index (χ1) is 9.29. The quantitative estimate of drug-likeness (QED) is 0.895. The third-order valence-electron chi connectivity index (χ3n) is 3.70. The van der Waals surface area contributed by atoms with Crippen molar-refractivity contribution in [2.75, 3.05) is 11.4 Å². The van der Waals surface area contributed by atoms with Gasteiger partial charge in [0.05, 0.1) is 18.5 Å². The minimum absolute atomic E-state index is 0.0511. The molecular weight excluding hydrogens is 236 g/mol. The van der Waals surface area contributed by atoms with Crippen LogP contribution in [0.1, 0.15) is 23.1 Å². The first-order valence-corrected chi connectivity index (χ1v) is 6.70. The number of fused-ring (bicyclic) bond motifs is 1. The van der Waals surface area contributed by atoms with E-state index < -0.39 is 0 Å². The molecule has 3 nitrogen and oxygen atoms in total. The molecule has 0 unspecified atom stereocenters. The van der Waals surface area contributed by atoms with Gasteiger partial charge in [-0.3, -0.25) is 4.98 Å². The molecule has 0 amide bonds. The molecular formula is C16H18N2O. The van der Waals surface area contributed by atoms with Crippen molar-refractivity contribution in [3.63, 3.8) is 0 Å². The average molecular weight is 254 g/mol. The molecule has 3 heteroatoms. The van der Waals surface area contributed by atoms with Crippen LogP contribution in [0.4, 0.5) is 11.4 Å². The van der Waals surface area contributed by atoms with Crippen LogP contribution in [0, 0.1) is 6.92 Å². The summed E-state index contributed by atoms with van der Waals surface area (Å²) in [6.45, 7) is 3.16. The summed E-state index contributed by atoms with van der Waals surface area (Å²) in [5, 5.41) is 9.49. The minimum Gasteiger partial charge on any atom is -0.392 e. The number of hydrogen-bond donors (Lipinski definition) is 1. The van der Waals surface area contributed by atoms with Gasteiger partial charge in [-0.1, -0.05) is 17.7 Å². The van der Waals surface area contributed by atoms with Gasteiger partial charge in [0, 0.05) is 24.0 Å². The molecule has 1 aliphatic heterocycles. The van der Waals surface area contributed by atoms with Crippen LogP contribution in [-0.4, -0.2) is 16.6 Å². The fraction of sp³-hybridized carbons (Fsp3) is 0.312. The standard InChI is InChI=1S/C16H18N2O/c1-12-4-5-15-13(9-12)3-2-8-18(15)16-10-17-7-6-14(16)11-19/h4-7,9-10,19H,2-3,8,11H2,1H3. The molecule has 19 heavy (non-hydrogen) atoms. The van der Waals surface area contributed by atoms with Gasteiger partial charge in [-0.05, 0) is 37.5 Å². The molecule has 1 aliphatic rings. The van der Waals surface area contributed by atoms with E-state index in [0.717, 1.165) is 30.6 Å². The molecule has 0 radical (unpaired) electrons. The molecule has 0 saturated heterocycles. The Balaban J connectivity index is 2.08. The Bertz CT molecular complexity index is 595. The van der Waals surface area contributed by atoms with E-state index in [-0.39, 0.29) is 6.61 Å². The van der Waals surface area contributed by atoms with E-state index in [0.29, 0.717) is 0 Å². The number of aliphatic hydroxyl groups is 1. The normalized spacial score (nSPS) is 14.3. The lowest BCUT2D eigenvalue weighted by atomic mass is 9.98. The Labute approximate surface area is 113 Å². The van der Waals surface area contributed by atoms with Gasteiger partial charge in [-0.15, -0.1) is 0 Å². The number of aliphatic hydroxyl groups excluding tert-OH is 1. The molecule has 98 valence electrons. The monoisotopic (exact) mass is 254 g/mol. The second-order valence-electron chi connectivity index (χ2n) is 5.05. The molecule has 0 saturated carbocycles. The third-order valence-corrected chi connectivity index (χ3v) is 3.70. The lowest BCUT2D eigenvalue weighted by molar-refractivity contribution is 0.282. The summed E-state index contributed by atoms with van der Waals surface area (Å²) in [7, 11) is 0. The summed E-state index contributed by atoms with van der Waals surface area (Å²) in [6.07, 6.45) is 5.84. The summed E-state index contributed by atoms with van der Waals surface area (Å²) >= 11 is 0. The summed E-state index contributed by atoms with van der Waals surface area (Å²) < 4.78 is 0. The van der Waals surface area contributed by atoms with E-state index >= 15 is 0 Å². The molecule has 1 N–H and O–H groups in total. The van der Waals surface area contributed by atoms with Crippen LogP contribution >= 0.6 is 0 Å². The Morgan fingerprint density at radius 2 is 2.16 bits per heavy atom. The zero-order chi connectivity index (χ0) is 13.2. The molecule has 0 aliphatic carbocycles. The maximum atomic E-state index is 9.49. The van der Waals surface area contributed by atoms with Crippen LogP contribution in [0.3, 0.4) is 0 Å². The highest BCUT2D eigenvalue weighted by Gasteiger charge is 2.20. The Morgan fingerprint density at radius 3 is 3.00 bits per heavy atom. The van der Waals surface area contributed by atoms with Crippen molar-refractivity contribution in [1.82, 2.24) is 4.98 Å². The van der Waals surface area contributed by atoms with Gasteiger partial charge in [0.15, 0.2) is 0 Å². The van der Waals surface area contributed by atoms with Gasteiger partial charge in [0.1, 0.15) is 0 Å². The Hall–Kier alpha value is -1.87. The lowest BCUT2D eigenvalue weighted by Crippen LogP contribution is -2.25. The van der Waals surface area contributed by atoms with Crippen LogP contribution in [0.5, 0.6) is 0 Å². The van der Waals surface area contributed by atoms with Crippen molar-refractivity contribution < 1.29 is 5.11 Å². The SMILES string of the molecule is Cc1ccc2c(c1)CCCN2c1cnccc1CO. The van der Waals surface area contributed by atoms with Gasteiger partial charge in [0.2, 0.25) is 0 Å². The second-order valence-corrected chi connectivity index (χ2v) is 5.05. The number of anilines is 2. The summed E-state index contributed by atoms with van der Waals surface area (Å²) in [5.41, 5.74) is 5.89. The second kappa shape index (κ2) is 5.02. The van der Waals surface area contributed by atoms with Crippen molar-refractivity contribution in [3.05, 3.63) is 53.3 Å². The fourth-order valence-electron chi connectivity index (χ4n) is 2.77. The third kappa shape index (κ3) is 2.22. The van der Waals surface area contributed by atoms with E-state index in [1.54, 1.807) is 6.20 Å². The van der Waals surface area contributed by atoms with Gasteiger partial charge < -0.3 is 10.0 Å². The zero-order valence-corrected chi connectivity index (χ0v) is 11.1. The smallest absolute Gasteiger partial charge is 0.0703 e. The number of pyridine rings is 1. The van der Waals surface area contributed by atoms with Crippen LogP contribution in [0.15, 0.2) is 36.7 Å². The molecule has 0 atom stereocenters. The predicted molar refractivity (Wildman–Crippen MR) is 76.7 cm³/mol. The van der Waals surface area contributed by atoms with Gasteiger partial charge in [0.25, 0.3) is 0 Å². The molecule has 1 aromatic carbocycles. The highest BCUT2D eigenvalue weighted by molar-refractivity contribution is 5.69. The first kappa shape index (κ1) is 12.2. The molecule has 2 heterocycles. The van der Waals surface area contributed by atoms with E-state index in [9.17, 15) is 5.11 Å². The van der Waals surface area contributed by atoms with E-state index in [1.807, 2.05) is 12.3 Å². The van der Waals surface area contributed by atoms with Gasteiger partial charge in [-0.25, -0.2) is 0 Å². The minimum atomic E-state index is 0.0511. The van der Waals surface area contributed by atoms with Crippen LogP contribution in [-0.2, 0) is 13.0 Å². The number of hydrogen-bond acceptors (Lipinski definition) is 3. The van der Waals surface area contributed by atoms with Gasteiger partial charge >= 0.3 is 0 Å². The summed E-state index contributed by atoms with van der Waals surface area (Å²) in [5.74, 6) is 0. The molecule has 0 spiro atoms. The average Bonchev–Trinajstić information content (AvgIpc) is 2.46. The van der Waals surface area contributed by atoms with Crippen molar-refractivity contribution in [2.24, 2.45) is 0 Å². The van der Waals surface area contributed by atoms with Crippen molar-refractivity contribution in [3.8, 4) is 0 Å². The van der Waals surface area contributed by atoms with E-state index in [4.69, 9.17) is 0 Å². The number of aryl methyl sites for hydroxylation is 2. The Morgan fingerprint density at radius 1 is 1.26 bits per heavy atom.